The molecular weight excluding hydrogens is 388 g/mol. The van der Waals surface area contributed by atoms with Crippen molar-refractivity contribution in [2.75, 3.05) is 24.5 Å². The molecule has 0 saturated carbocycles. The summed E-state index contributed by atoms with van der Waals surface area (Å²) in [6.07, 6.45) is 12.6. The summed E-state index contributed by atoms with van der Waals surface area (Å²) in [6, 6.07) is 6.63. The highest BCUT2D eigenvalue weighted by molar-refractivity contribution is 7.97. The van der Waals surface area contributed by atoms with Crippen molar-refractivity contribution in [3.8, 4) is 0 Å². The summed E-state index contributed by atoms with van der Waals surface area (Å²) < 4.78 is 3.55. The molecule has 1 aromatic heterocycles. The van der Waals surface area contributed by atoms with Gasteiger partial charge in [-0.2, -0.15) is 0 Å². The van der Waals surface area contributed by atoms with Crippen LogP contribution in [0.4, 0.5) is 5.82 Å². The maximum atomic E-state index is 4.80. The van der Waals surface area contributed by atoms with Crippen LogP contribution in [0.15, 0.2) is 48.0 Å². The van der Waals surface area contributed by atoms with Gasteiger partial charge in [-0.05, 0) is 87.6 Å². The first kappa shape index (κ1) is 22.6. The molecule has 160 valence electrons. The smallest absolute Gasteiger partial charge is 0.147 e. The lowest BCUT2D eigenvalue weighted by atomic mass is 9.92. The predicted octanol–water partition coefficient (Wildman–Crippen LogP) is 5.89. The molecule has 3 rings (SSSR count). The first-order valence-corrected chi connectivity index (χ1v) is 11.7. The van der Waals surface area contributed by atoms with Crippen molar-refractivity contribution in [1.82, 2.24) is 14.7 Å². The van der Waals surface area contributed by atoms with Gasteiger partial charge in [0.25, 0.3) is 0 Å². The van der Waals surface area contributed by atoms with Crippen molar-refractivity contribution < 1.29 is 0 Å². The van der Waals surface area contributed by atoms with E-state index in [2.05, 4.69) is 53.2 Å². The molecule has 1 saturated heterocycles. The van der Waals surface area contributed by atoms with Crippen LogP contribution in [0.2, 0.25) is 0 Å². The number of nitrogens with zero attached hydrogens (tertiary/aromatic N) is 3. The minimum atomic E-state index is 0.812. The summed E-state index contributed by atoms with van der Waals surface area (Å²) in [5, 5.41) is 0. The SMILES string of the molecule is C=C/C=C\c1nc(N2CCC(CCCNSc3cc(C)ccc3C)CC2)cnc1C. The lowest BCUT2D eigenvalue weighted by Crippen LogP contribution is -2.34. The van der Waals surface area contributed by atoms with Crippen LogP contribution in [-0.2, 0) is 0 Å². The molecule has 0 amide bonds. The summed E-state index contributed by atoms with van der Waals surface area (Å²) in [6.45, 7) is 13.2. The third-order valence-corrected chi connectivity index (χ3v) is 6.73. The van der Waals surface area contributed by atoms with Gasteiger partial charge in [-0.15, -0.1) is 0 Å². The van der Waals surface area contributed by atoms with Gasteiger partial charge in [0.15, 0.2) is 0 Å². The molecule has 0 radical (unpaired) electrons. The third-order valence-electron chi connectivity index (χ3n) is 5.73. The average molecular weight is 423 g/mol. The molecule has 2 heterocycles. The number of anilines is 1. The summed E-state index contributed by atoms with van der Waals surface area (Å²) in [5.74, 6) is 1.81. The van der Waals surface area contributed by atoms with E-state index in [1.807, 2.05) is 25.3 Å². The summed E-state index contributed by atoms with van der Waals surface area (Å²) >= 11 is 1.77. The Labute approximate surface area is 186 Å². The van der Waals surface area contributed by atoms with E-state index in [9.17, 15) is 0 Å². The number of hydrogen-bond acceptors (Lipinski definition) is 5. The highest BCUT2D eigenvalue weighted by Gasteiger charge is 2.20. The van der Waals surface area contributed by atoms with Crippen molar-refractivity contribution >= 4 is 23.8 Å². The number of aromatic nitrogens is 2. The van der Waals surface area contributed by atoms with E-state index in [0.29, 0.717) is 0 Å². The second-order valence-electron chi connectivity index (χ2n) is 8.13. The number of benzene rings is 1. The highest BCUT2D eigenvalue weighted by Crippen LogP contribution is 2.26. The highest BCUT2D eigenvalue weighted by atomic mass is 32.2. The van der Waals surface area contributed by atoms with E-state index in [0.717, 1.165) is 42.8 Å². The molecule has 4 nitrogen and oxygen atoms in total. The molecule has 30 heavy (non-hydrogen) atoms. The molecule has 1 aliphatic heterocycles. The topological polar surface area (TPSA) is 41.1 Å². The van der Waals surface area contributed by atoms with E-state index in [4.69, 9.17) is 4.98 Å². The van der Waals surface area contributed by atoms with Crippen molar-refractivity contribution in [3.63, 3.8) is 0 Å². The van der Waals surface area contributed by atoms with E-state index in [1.165, 1.54) is 41.7 Å². The number of hydrogen-bond donors (Lipinski definition) is 1. The van der Waals surface area contributed by atoms with Gasteiger partial charge in [0.05, 0.1) is 17.6 Å². The number of rotatable bonds is 9. The normalized spacial score (nSPS) is 15.1. The number of piperidine rings is 1. The average Bonchev–Trinajstić information content (AvgIpc) is 2.76. The molecule has 0 bridgehead atoms. The van der Waals surface area contributed by atoms with E-state index >= 15 is 0 Å². The maximum Gasteiger partial charge on any atom is 0.147 e. The fourth-order valence-corrected chi connectivity index (χ4v) is 4.66. The Hall–Kier alpha value is -2.11. The Morgan fingerprint density at radius 1 is 1.23 bits per heavy atom. The first-order valence-electron chi connectivity index (χ1n) is 10.9. The fraction of sp³-hybridized carbons (Fsp3) is 0.440. The van der Waals surface area contributed by atoms with E-state index < -0.39 is 0 Å². The Bertz CT molecular complexity index is 869. The van der Waals surface area contributed by atoms with Crippen LogP contribution in [0, 0.1) is 26.7 Å². The minimum Gasteiger partial charge on any atom is -0.355 e. The molecule has 0 aliphatic carbocycles. The monoisotopic (exact) mass is 422 g/mol. The first-order chi connectivity index (χ1) is 14.6. The number of allylic oxidation sites excluding steroid dienone is 2. The quantitative estimate of drug-likeness (QED) is 0.310. The lowest BCUT2D eigenvalue weighted by molar-refractivity contribution is 0.372. The minimum absolute atomic E-state index is 0.812. The van der Waals surface area contributed by atoms with Gasteiger partial charge in [0.1, 0.15) is 5.82 Å². The van der Waals surface area contributed by atoms with Gasteiger partial charge >= 0.3 is 0 Å². The summed E-state index contributed by atoms with van der Waals surface area (Å²) in [5.41, 5.74) is 4.55. The molecule has 1 aliphatic rings. The second-order valence-corrected chi connectivity index (χ2v) is 9.06. The van der Waals surface area contributed by atoms with Crippen molar-refractivity contribution in [2.45, 2.75) is 51.3 Å². The van der Waals surface area contributed by atoms with Gasteiger partial charge in [-0.3, -0.25) is 9.71 Å². The molecule has 5 heteroatoms. The molecule has 1 fully saturated rings. The largest absolute Gasteiger partial charge is 0.355 e. The maximum absolute atomic E-state index is 4.80. The molecule has 0 unspecified atom stereocenters. The van der Waals surface area contributed by atoms with Gasteiger partial charge in [-0.1, -0.05) is 30.9 Å². The third kappa shape index (κ3) is 6.44. The second kappa shape index (κ2) is 11.3. The zero-order valence-electron chi connectivity index (χ0n) is 18.5. The number of nitrogens with one attached hydrogen (secondary N) is 1. The predicted molar refractivity (Wildman–Crippen MR) is 130 cm³/mol. The lowest BCUT2D eigenvalue weighted by Gasteiger charge is -2.32. The molecule has 1 N–H and O–H groups in total. The summed E-state index contributed by atoms with van der Waals surface area (Å²) in [4.78, 5) is 13.1. The molecule has 0 atom stereocenters. The van der Waals surface area contributed by atoms with Crippen LogP contribution in [-0.4, -0.2) is 29.6 Å². The van der Waals surface area contributed by atoms with Crippen LogP contribution < -0.4 is 9.62 Å². The van der Waals surface area contributed by atoms with Crippen molar-refractivity contribution in [3.05, 3.63) is 65.6 Å². The van der Waals surface area contributed by atoms with E-state index in [-0.39, 0.29) is 0 Å². The zero-order valence-corrected chi connectivity index (χ0v) is 19.3. The molecule has 2 aromatic rings. The Balaban J connectivity index is 1.39. The molecule has 1 aromatic carbocycles. The Kier molecular flexibility index (Phi) is 8.52. The summed E-state index contributed by atoms with van der Waals surface area (Å²) in [7, 11) is 0. The van der Waals surface area contributed by atoms with Crippen LogP contribution in [0.3, 0.4) is 0 Å². The standard InChI is InChI=1S/C25H34N4S/c1-5-6-9-23-21(4)26-18-25(28-23)29-15-12-22(13-16-29)8-7-14-27-30-24-17-19(2)10-11-20(24)3/h5-6,9-11,17-18,22,27H,1,7-8,12-16H2,2-4H3/b9-6-. The zero-order chi connectivity index (χ0) is 21.3. The van der Waals surface area contributed by atoms with Crippen LogP contribution in [0.25, 0.3) is 6.08 Å². The Morgan fingerprint density at radius 3 is 2.80 bits per heavy atom. The van der Waals surface area contributed by atoms with Crippen LogP contribution >= 0.6 is 11.9 Å². The Morgan fingerprint density at radius 2 is 2.03 bits per heavy atom. The van der Waals surface area contributed by atoms with Gasteiger partial charge in [-0.25, -0.2) is 4.98 Å². The van der Waals surface area contributed by atoms with Crippen LogP contribution in [0.1, 0.15) is 48.2 Å². The van der Waals surface area contributed by atoms with Gasteiger partial charge in [0, 0.05) is 24.5 Å². The van der Waals surface area contributed by atoms with Crippen molar-refractivity contribution in [1.29, 1.82) is 0 Å². The van der Waals surface area contributed by atoms with Gasteiger partial charge in [0.2, 0.25) is 0 Å². The van der Waals surface area contributed by atoms with Crippen molar-refractivity contribution in [2.24, 2.45) is 5.92 Å². The molecule has 0 spiro atoms. The van der Waals surface area contributed by atoms with Crippen LogP contribution in [0.5, 0.6) is 0 Å². The fourth-order valence-electron chi connectivity index (χ4n) is 3.78. The van der Waals surface area contributed by atoms with E-state index in [1.54, 1.807) is 18.0 Å². The molecular formula is C25H34N4S. The number of aryl methyl sites for hydroxylation is 3. The van der Waals surface area contributed by atoms with Gasteiger partial charge < -0.3 is 4.90 Å².